The average molecular weight is 290 g/mol. The van der Waals surface area contributed by atoms with Crippen molar-refractivity contribution in [3.63, 3.8) is 0 Å². The SMILES string of the molecule is Cc1cc(N2CCC(NCC3CC3)CC2)ncc1[N+](=O)[O-]. The predicted molar refractivity (Wildman–Crippen MR) is 81.6 cm³/mol. The van der Waals surface area contributed by atoms with Crippen molar-refractivity contribution in [1.82, 2.24) is 10.3 Å². The number of hydrogen-bond donors (Lipinski definition) is 1. The first-order valence-corrected chi connectivity index (χ1v) is 7.73. The van der Waals surface area contributed by atoms with Crippen LogP contribution in [0.5, 0.6) is 0 Å². The van der Waals surface area contributed by atoms with Gasteiger partial charge in [0.1, 0.15) is 12.0 Å². The van der Waals surface area contributed by atoms with E-state index in [0.29, 0.717) is 11.6 Å². The van der Waals surface area contributed by atoms with Crippen LogP contribution in [0.15, 0.2) is 12.3 Å². The van der Waals surface area contributed by atoms with Gasteiger partial charge in [0.15, 0.2) is 0 Å². The number of aromatic nitrogens is 1. The fourth-order valence-corrected chi connectivity index (χ4v) is 2.87. The molecule has 3 rings (SSSR count). The Morgan fingerprint density at radius 1 is 1.38 bits per heavy atom. The maximum absolute atomic E-state index is 10.8. The third-order valence-corrected chi connectivity index (χ3v) is 4.48. The quantitative estimate of drug-likeness (QED) is 0.665. The van der Waals surface area contributed by atoms with Gasteiger partial charge in [0.2, 0.25) is 0 Å². The minimum Gasteiger partial charge on any atom is -0.356 e. The zero-order chi connectivity index (χ0) is 14.8. The molecule has 1 aromatic rings. The topological polar surface area (TPSA) is 71.3 Å². The highest BCUT2D eigenvalue weighted by Gasteiger charge is 2.25. The number of aryl methyl sites for hydroxylation is 1. The van der Waals surface area contributed by atoms with E-state index in [2.05, 4.69) is 15.2 Å². The number of nitrogens with one attached hydrogen (secondary N) is 1. The number of nitrogens with zero attached hydrogens (tertiary/aromatic N) is 3. The normalized spacial score (nSPS) is 19.8. The molecule has 1 aromatic heterocycles. The minimum atomic E-state index is -0.375. The molecule has 0 atom stereocenters. The highest BCUT2D eigenvalue weighted by molar-refractivity contribution is 5.48. The molecule has 0 aromatic carbocycles. The van der Waals surface area contributed by atoms with Crippen molar-refractivity contribution in [2.75, 3.05) is 24.5 Å². The molecule has 1 saturated heterocycles. The lowest BCUT2D eigenvalue weighted by Crippen LogP contribution is -2.43. The number of anilines is 1. The van der Waals surface area contributed by atoms with Crippen LogP contribution in [0.3, 0.4) is 0 Å². The Morgan fingerprint density at radius 2 is 2.10 bits per heavy atom. The molecule has 1 N–H and O–H groups in total. The molecule has 114 valence electrons. The van der Waals surface area contributed by atoms with Gasteiger partial charge in [0.05, 0.1) is 4.92 Å². The minimum absolute atomic E-state index is 0.0970. The highest BCUT2D eigenvalue weighted by Crippen LogP contribution is 2.28. The Balaban J connectivity index is 1.55. The smallest absolute Gasteiger partial charge is 0.290 e. The van der Waals surface area contributed by atoms with Gasteiger partial charge in [-0.1, -0.05) is 0 Å². The van der Waals surface area contributed by atoms with E-state index in [1.165, 1.54) is 25.6 Å². The fraction of sp³-hybridized carbons (Fsp3) is 0.667. The average Bonchev–Trinajstić information content (AvgIpc) is 3.29. The van der Waals surface area contributed by atoms with Crippen LogP contribution in [0.1, 0.15) is 31.2 Å². The van der Waals surface area contributed by atoms with E-state index < -0.39 is 0 Å². The van der Waals surface area contributed by atoms with Crippen molar-refractivity contribution in [2.45, 2.75) is 38.6 Å². The number of hydrogen-bond acceptors (Lipinski definition) is 5. The maximum atomic E-state index is 10.8. The van der Waals surface area contributed by atoms with Gasteiger partial charge in [0, 0.05) is 24.7 Å². The molecule has 21 heavy (non-hydrogen) atoms. The molecular formula is C15H22N4O2. The summed E-state index contributed by atoms with van der Waals surface area (Å²) in [6, 6.07) is 2.44. The van der Waals surface area contributed by atoms with Gasteiger partial charge < -0.3 is 10.2 Å². The second-order valence-corrected chi connectivity index (χ2v) is 6.20. The summed E-state index contributed by atoms with van der Waals surface area (Å²) in [6.45, 7) is 4.87. The molecule has 1 saturated carbocycles. The van der Waals surface area contributed by atoms with Crippen molar-refractivity contribution in [2.24, 2.45) is 5.92 Å². The number of pyridine rings is 1. The molecule has 2 aliphatic rings. The Kier molecular flexibility index (Phi) is 4.05. The zero-order valence-corrected chi connectivity index (χ0v) is 12.4. The van der Waals surface area contributed by atoms with Gasteiger partial charge in [-0.2, -0.15) is 0 Å². The van der Waals surface area contributed by atoms with Crippen LogP contribution in [-0.2, 0) is 0 Å². The van der Waals surface area contributed by atoms with E-state index in [1.807, 2.05) is 6.07 Å². The summed E-state index contributed by atoms with van der Waals surface area (Å²) >= 11 is 0. The standard InChI is InChI=1S/C15H22N4O2/c1-11-8-15(17-10-14(11)19(20)21)18-6-4-13(5-7-18)16-9-12-2-3-12/h8,10,12-13,16H,2-7,9H2,1H3. The first-order valence-electron chi connectivity index (χ1n) is 7.73. The molecule has 0 amide bonds. The molecule has 6 heteroatoms. The lowest BCUT2D eigenvalue weighted by atomic mass is 10.0. The van der Waals surface area contributed by atoms with Crippen molar-refractivity contribution >= 4 is 11.5 Å². The van der Waals surface area contributed by atoms with Crippen molar-refractivity contribution in [3.8, 4) is 0 Å². The Morgan fingerprint density at radius 3 is 2.67 bits per heavy atom. The van der Waals surface area contributed by atoms with Crippen LogP contribution in [0.25, 0.3) is 0 Å². The molecule has 1 aliphatic heterocycles. The van der Waals surface area contributed by atoms with Crippen molar-refractivity contribution in [3.05, 3.63) is 27.9 Å². The molecule has 1 aliphatic carbocycles. The van der Waals surface area contributed by atoms with E-state index in [1.54, 1.807) is 6.92 Å². The van der Waals surface area contributed by atoms with E-state index in [-0.39, 0.29) is 10.6 Å². The Bertz CT molecular complexity index is 522. The number of nitro groups is 1. The van der Waals surface area contributed by atoms with Crippen LogP contribution in [-0.4, -0.2) is 35.6 Å². The molecule has 2 heterocycles. The number of rotatable bonds is 5. The zero-order valence-electron chi connectivity index (χ0n) is 12.4. The summed E-state index contributed by atoms with van der Waals surface area (Å²) in [5, 5.41) is 14.5. The second kappa shape index (κ2) is 5.97. The van der Waals surface area contributed by atoms with Gasteiger partial charge >= 0.3 is 0 Å². The summed E-state index contributed by atoms with van der Waals surface area (Å²) in [7, 11) is 0. The predicted octanol–water partition coefficient (Wildman–Crippen LogP) is 2.27. The van der Waals surface area contributed by atoms with Gasteiger partial charge in [0.25, 0.3) is 5.69 Å². The Labute approximate surface area is 124 Å². The molecule has 0 bridgehead atoms. The highest BCUT2D eigenvalue weighted by atomic mass is 16.6. The third kappa shape index (κ3) is 3.50. The number of piperidine rings is 1. The van der Waals surface area contributed by atoms with Crippen LogP contribution in [0, 0.1) is 23.0 Å². The van der Waals surface area contributed by atoms with E-state index in [9.17, 15) is 10.1 Å². The first-order chi connectivity index (χ1) is 10.1. The van der Waals surface area contributed by atoms with E-state index in [4.69, 9.17) is 0 Å². The van der Waals surface area contributed by atoms with Crippen LogP contribution in [0.2, 0.25) is 0 Å². The van der Waals surface area contributed by atoms with E-state index >= 15 is 0 Å². The molecule has 6 nitrogen and oxygen atoms in total. The van der Waals surface area contributed by atoms with Crippen molar-refractivity contribution in [1.29, 1.82) is 0 Å². The van der Waals surface area contributed by atoms with Crippen LogP contribution in [0.4, 0.5) is 11.5 Å². The third-order valence-electron chi connectivity index (χ3n) is 4.48. The maximum Gasteiger partial charge on any atom is 0.290 e. The molecule has 0 unspecified atom stereocenters. The summed E-state index contributed by atoms with van der Waals surface area (Å²) in [4.78, 5) is 16.9. The van der Waals surface area contributed by atoms with Crippen LogP contribution >= 0.6 is 0 Å². The van der Waals surface area contributed by atoms with Gasteiger partial charge in [-0.25, -0.2) is 4.98 Å². The van der Waals surface area contributed by atoms with Crippen molar-refractivity contribution < 1.29 is 4.92 Å². The molecule has 0 spiro atoms. The fourth-order valence-electron chi connectivity index (χ4n) is 2.87. The Hall–Kier alpha value is -1.69. The lowest BCUT2D eigenvalue weighted by molar-refractivity contribution is -0.385. The molecule has 0 radical (unpaired) electrons. The van der Waals surface area contributed by atoms with Gasteiger partial charge in [-0.3, -0.25) is 10.1 Å². The summed E-state index contributed by atoms with van der Waals surface area (Å²) in [5.74, 6) is 1.78. The summed E-state index contributed by atoms with van der Waals surface area (Å²) in [5.41, 5.74) is 0.777. The summed E-state index contributed by atoms with van der Waals surface area (Å²) in [6.07, 6.45) is 6.38. The van der Waals surface area contributed by atoms with Gasteiger partial charge in [-0.05, 0) is 51.1 Å². The monoisotopic (exact) mass is 290 g/mol. The lowest BCUT2D eigenvalue weighted by Gasteiger charge is -2.33. The largest absolute Gasteiger partial charge is 0.356 e. The van der Waals surface area contributed by atoms with E-state index in [0.717, 1.165) is 37.7 Å². The molecular weight excluding hydrogens is 268 g/mol. The van der Waals surface area contributed by atoms with Crippen LogP contribution < -0.4 is 10.2 Å². The molecule has 2 fully saturated rings. The first kappa shape index (κ1) is 14.3. The van der Waals surface area contributed by atoms with Gasteiger partial charge in [-0.15, -0.1) is 0 Å². The second-order valence-electron chi connectivity index (χ2n) is 6.20. The summed E-state index contributed by atoms with van der Waals surface area (Å²) < 4.78 is 0.